The summed E-state index contributed by atoms with van der Waals surface area (Å²) < 4.78 is 4.48. The van der Waals surface area contributed by atoms with Crippen molar-refractivity contribution in [2.75, 3.05) is 7.11 Å². The highest BCUT2D eigenvalue weighted by Gasteiger charge is 2.22. The number of ether oxygens (including phenoxy) is 1. The first-order chi connectivity index (χ1) is 12.5. The fraction of sp³-hybridized carbons (Fsp3) is 0.400. The second kappa shape index (κ2) is 10.1. The lowest BCUT2D eigenvalue weighted by atomic mass is 10.0. The number of rotatable bonds is 8. The number of benzene rings is 1. The SMILES string of the molecule is CCCCc1ccc([C@H](N[C@H](C)C(=O)NC(=O)OC)c2cccs2)cc1. The number of thiophene rings is 1. The molecule has 0 saturated heterocycles. The van der Waals surface area contributed by atoms with E-state index in [4.69, 9.17) is 0 Å². The van der Waals surface area contributed by atoms with Gasteiger partial charge in [0, 0.05) is 4.88 Å². The number of carbonyl (C=O) groups is 2. The number of methoxy groups -OCH3 is 1. The zero-order chi connectivity index (χ0) is 18.9. The van der Waals surface area contributed by atoms with Gasteiger partial charge in [-0.05, 0) is 42.3 Å². The lowest BCUT2D eigenvalue weighted by molar-refractivity contribution is -0.122. The van der Waals surface area contributed by atoms with Crippen molar-refractivity contribution in [1.29, 1.82) is 0 Å². The third-order valence-corrected chi connectivity index (χ3v) is 5.12. The first-order valence-electron chi connectivity index (χ1n) is 8.82. The highest BCUT2D eigenvalue weighted by Crippen LogP contribution is 2.27. The van der Waals surface area contributed by atoms with Crippen molar-refractivity contribution >= 4 is 23.3 Å². The van der Waals surface area contributed by atoms with Gasteiger partial charge in [-0.25, -0.2) is 4.79 Å². The lowest BCUT2D eigenvalue weighted by Crippen LogP contribution is -2.45. The number of aryl methyl sites for hydroxylation is 1. The molecule has 0 saturated carbocycles. The molecule has 0 radical (unpaired) electrons. The van der Waals surface area contributed by atoms with Crippen LogP contribution in [0.4, 0.5) is 4.79 Å². The molecule has 1 aromatic heterocycles. The summed E-state index contributed by atoms with van der Waals surface area (Å²) >= 11 is 1.63. The summed E-state index contributed by atoms with van der Waals surface area (Å²) in [6.07, 6.45) is 2.67. The molecule has 0 spiro atoms. The molecule has 0 aliphatic rings. The van der Waals surface area contributed by atoms with Gasteiger partial charge in [0.15, 0.2) is 0 Å². The molecule has 0 fully saturated rings. The normalized spacial score (nSPS) is 13.0. The molecule has 5 nitrogen and oxygen atoms in total. The second-order valence-corrected chi connectivity index (χ2v) is 7.14. The van der Waals surface area contributed by atoms with Crippen molar-refractivity contribution in [2.45, 2.75) is 45.2 Å². The molecule has 0 unspecified atom stereocenters. The van der Waals surface area contributed by atoms with Crippen LogP contribution in [0.3, 0.4) is 0 Å². The molecule has 1 heterocycles. The van der Waals surface area contributed by atoms with E-state index in [2.05, 4.69) is 46.6 Å². The van der Waals surface area contributed by atoms with E-state index in [1.807, 2.05) is 17.5 Å². The third-order valence-electron chi connectivity index (χ3n) is 4.18. The fourth-order valence-electron chi connectivity index (χ4n) is 2.64. The molecule has 2 N–H and O–H groups in total. The first-order valence-corrected chi connectivity index (χ1v) is 9.70. The van der Waals surface area contributed by atoms with E-state index in [0.29, 0.717) is 0 Å². The van der Waals surface area contributed by atoms with E-state index in [1.165, 1.54) is 25.5 Å². The highest BCUT2D eigenvalue weighted by molar-refractivity contribution is 7.10. The van der Waals surface area contributed by atoms with Crippen LogP contribution >= 0.6 is 11.3 Å². The van der Waals surface area contributed by atoms with Crippen LogP contribution in [0.25, 0.3) is 0 Å². The molecule has 2 rings (SSSR count). The second-order valence-electron chi connectivity index (χ2n) is 6.16. The molecular formula is C20H26N2O3S. The van der Waals surface area contributed by atoms with E-state index in [1.54, 1.807) is 18.3 Å². The molecule has 0 aliphatic heterocycles. The van der Waals surface area contributed by atoms with Crippen molar-refractivity contribution in [3.63, 3.8) is 0 Å². The summed E-state index contributed by atoms with van der Waals surface area (Å²) in [6, 6.07) is 11.9. The summed E-state index contributed by atoms with van der Waals surface area (Å²) in [6.45, 7) is 3.92. The molecule has 6 heteroatoms. The van der Waals surface area contributed by atoms with Crippen molar-refractivity contribution in [3.8, 4) is 0 Å². The van der Waals surface area contributed by atoms with Crippen LogP contribution in [0, 0.1) is 0 Å². The van der Waals surface area contributed by atoms with E-state index < -0.39 is 18.0 Å². The Kier molecular flexibility index (Phi) is 7.81. The average molecular weight is 375 g/mol. The number of hydrogen-bond donors (Lipinski definition) is 2. The molecule has 140 valence electrons. The van der Waals surface area contributed by atoms with E-state index in [9.17, 15) is 9.59 Å². The Bertz CT molecular complexity index is 698. The average Bonchev–Trinajstić information content (AvgIpc) is 3.19. The minimum Gasteiger partial charge on any atom is -0.453 e. The molecule has 2 amide bonds. The molecule has 2 aromatic rings. The van der Waals surface area contributed by atoms with Gasteiger partial charge in [0.1, 0.15) is 0 Å². The van der Waals surface area contributed by atoms with Gasteiger partial charge >= 0.3 is 6.09 Å². The monoisotopic (exact) mass is 374 g/mol. The van der Waals surface area contributed by atoms with Crippen LogP contribution in [0.1, 0.15) is 48.7 Å². The fourth-order valence-corrected chi connectivity index (χ4v) is 3.45. The maximum Gasteiger partial charge on any atom is 0.413 e. The van der Waals surface area contributed by atoms with Crippen molar-refractivity contribution in [3.05, 3.63) is 57.8 Å². The van der Waals surface area contributed by atoms with Gasteiger partial charge < -0.3 is 4.74 Å². The van der Waals surface area contributed by atoms with Gasteiger partial charge in [0.2, 0.25) is 5.91 Å². The Morgan fingerprint density at radius 3 is 2.50 bits per heavy atom. The summed E-state index contributed by atoms with van der Waals surface area (Å²) in [5.41, 5.74) is 2.41. The zero-order valence-corrected chi connectivity index (χ0v) is 16.3. The Labute approximate surface area is 158 Å². The summed E-state index contributed by atoms with van der Waals surface area (Å²) in [5.74, 6) is -0.419. The van der Waals surface area contributed by atoms with Gasteiger partial charge in [-0.1, -0.05) is 43.7 Å². The van der Waals surface area contributed by atoms with Gasteiger partial charge in [-0.15, -0.1) is 11.3 Å². The largest absolute Gasteiger partial charge is 0.453 e. The van der Waals surface area contributed by atoms with Crippen molar-refractivity contribution in [2.24, 2.45) is 0 Å². The molecular weight excluding hydrogens is 348 g/mol. The van der Waals surface area contributed by atoms with E-state index >= 15 is 0 Å². The van der Waals surface area contributed by atoms with Gasteiger partial charge in [-0.2, -0.15) is 0 Å². The van der Waals surface area contributed by atoms with Crippen LogP contribution in [0.15, 0.2) is 41.8 Å². The summed E-state index contributed by atoms with van der Waals surface area (Å²) in [5, 5.41) is 7.54. The summed E-state index contributed by atoms with van der Waals surface area (Å²) in [4.78, 5) is 24.5. The Morgan fingerprint density at radius 2 is 1.92 bits per heavy atom. The molecule has 0 bridgehead atoms. The Hall–Kier alpha value is -2.18. The topological polar surface area (TPSA) is 67.4 Å². The van der Waals surface area contributed by atoms with Crippen molar-refractivity contribution in [1.82, 2.24) is 10.6 Å². The van der Waals surface area contributed by atoms with E-state index in [-0.39, 0.29) is 6.04 Å². The number of imide groups is 1. The third kappa shape index (κ3) is 5.68. The summed E-state index contributed by atoms with van der Waals surface area (Å²) in [7, 11) is 1.23. The maximum atomic E-state index is 12.2. The van der Waals surface area contributed by atoms with Crippen LogP contribution in [-0.4, -0.2) is 25.2 Å². The smallest absolute Gasteiger partial charge is 0.413 e. The number of alkyl carbamates (subject to hydrolysis) is 1. The van der Waals surface area contributed by atoms with Gasteiger partial charge in [0.05, 0.1) is 19.2 Å². The highest BCUT2D eigenvalue weighted by atomic mass is 32.1. The minimum atomic E-state index is -0.753. The minimum absolute atomic E-state index is 0.117. The Morgan fingerprint density at radius 1 is 1.19 bits per heavy atom. The quantitative estimate of drug-likeness (QED) is 0.732. The van der Waals surface area contributed by atoms with Gasteiger partial charge in [0.25, 0.3) is 0 Å². The van der Waals surface area contributed by atoms with E-state index in [0.717, 1.165) is 16.9 Å². The Balaban J connectivity index is 2.14. The lowest BCUT2D eigenvalue weighted by Gasteiger charge is -2.22. The van der Waals surface area contributed by atoms with Crippen LogP contribution in [0.5, 0.6) is 0 Å². The molecule has 1 aromatic carbocycles. The molecule has 2 atom stereocenters. The van der Waals surface area contributed by atoms with Gasteiger partial charge in [-0.3, -0.25) is 15.4 Å². The molecule has 26 heavy (non-hydrogen) atoms. The number of amides is 2. The molecule has 0 aliphatic carbocycles. The zero-order valence-electron chi connectivity index (χ0n) is 15.5. The predicted octanol–water partition coefficient (Wildman–Crippen LogP) is 4.04. The van der Waals surface area contributed by atoms with Crippen LogP contribution in [0.2, 0.25) is 0 Å². The van der Waals surface area contributed by atoms with Crippen molar-refractivity contribution < 1.29 is 14.3 Å². The standard InChI is InChI=1S/C20H26N2O3S/c1-4-5-7-15-9-11-16(12-10-15)18(17-8-6-13-26-17)21-14(2)19(23)22-20(24)25-3/h6,8-14,18,21H,4-5,7H2,1-3H3,(H,22,23,24)/t14-,18+/m1/s1. The van der Waals surface area contributed by atoms with Crippen LogP contribution in [-0.2, 0) is 16.0 Å². The number of carbonyl (C=O) groups excluding carboxylic acids is 2. The van der Waals surface area contributed by atoms with Crippen LogP contribution < -0.4 is 10.6 Å². The predicted molar refractivity (Wildman–Crippen MR) is 104 cm³/mol. The maximum absolute atomic E-state index is 12.2. The number of unbranched alkanes of at least 4 members (excludes halogenated alkanes) is 1. The first kappa shape index (κ1) is 20.1. The number of hydrogen-bond acceptors (Lipinski definition) is 5. The number of nitrogens with one attached hydrogen (secondary N) is 2.